The van der Waals surface area contributed by atoms with Crippen molar-refractivity contribution in [3.05, 3.63) is 81.8 Å². The van der Waals surface area contributed by atoms with Gasteiger partial charge in [-0.2, -0.15) is 0 Å². The van der Waals surface area contributed by atoms with Crippen molar-refractivity contribution in [2.24, 2.45) is 0 Å². The molecule has 0 spiro atoms. The zero-order valence-electron chi connectivity index (χ0n) is 17.2. The Morgan fingerprint density at radius 3 is 2.74 bits per heavy atom. The molecule has 4 aromatic rings. The summed E-state index contributed by atoms with van der Waals surface area (Å²) in [6.07, 6.45) is 5.78. The van der Waals surface area contributed by atoms with Gasteiger partial charge in [0.25, 0.3) is 0 Å². The summed E-state index contributed by atoms with van der Waals surface area (Å²) in [6.45, 7) is 4.68. The Hall–Kier alpha value is -2.54. The summed E-state index contributed by atoms with van der Waals surface area (Å²) in [6, 6.07) is 14.0. The highest BCUT2D eigenvalue weighted by molar-refractivity contribution is 6.31. The van der Waals surface area contributed by atoms with Crippen LogP contribution in [-0.2, 0) is 6.54 Å². The summed E-state index contributed by atoms with van der Waals surface area (Å²) < 4.78 is 9.29. The quantitative estimate of drug-likeness (QED) is 0.431. The average Bonchev–Trinajstić information content (AvgIpc) is 3.31. The molecule has 0 bridgehead atoms. The second-order valence-corrected chi connectivity index (χ2v) is 8.33. The number of hydrogen-bond acceptors (Lipinski definition) is 4. The second-order valence-electron chi connectivity index (χ2n) is 7.89. The number of likely N-dealkylation sites (tertiary alicyclic amines) is 1. The first-order valence-electron chi connectivity index (χ1n) is 10.2. The first-order valence-corrected chi connectivity index (χ1v) is 10.6. The van der Waals surface area contributed by atoms with E-state index in [1.807, 2.05) is 25.4 Å². The molecule has 1 saturated heterocycles. The summed E-state index contributed by atoms with van der Waals surface area (Å²) in [7, 11) is 0. The average molecular weight is 459 g/mol. The molecule has 5 rings (SSSR count). The number of rotatable bonds is 4. The molecular formula is C23H24Cl2N4O2. The van der Waals surface area contributed by atoms with Crippen LogP contribution in [0.25, 0.3) is 16.8 Å². The lowest BCUT2D eigenvalue weighted by molar-refractivity contribution is 0.168. The molecule has 2 aromatic carbocycles. The smallest absolute Gasteiger partial charge is 0.408 e. The van der Waals surface area contributed by atoms with Gasteiger partial charge in [0.2, 0.25) is 0 Å². The molecule has 0 aliphatic carbocycles. The van der Waals surface area contributed by atoms with Gasteiger partial charge in [0, 0.05) is 36.2 Å². The highest BCUT2D eigenvalue weighted by atomic mass is 35.5. The lowest BCUT2D eigenvalue weighted by atomic mass is 10.0. The lowest BCUT2D eigenvalue weighted by Gasteiger charge is -2.33. The minimum Gasteiger partial charge on any atom is -0.408 e. The molecule has 1 fully saturated rings. The molecule has 31 heavy (non-hydrogen) atoms. The van der Waals surface area contributed by atoms with Crippen LogP contribution in [0.15, 0.2) is 64.1 Å². The molecule has 1 unspecified atom stereocenters. The number of benzene rings is 2. The van der Waals surface area contributed by atoms with Crippen LogP contribution in [-0.4, -0.2) is 32.1 Å². The van der Waals surface area contributed by atoms with Crippen molar-refractivity contribution in [1.82, 2.24) is 19.0 Å². The van der Waals surface area contributed by atoms with Gasteiger partial charge in [-0.05, 0) is 62.2 Å². The maximum absolute atomic E-state index is 12.5. The Morgan fingerprint density at radius 1 is 1.19 bits per heavy atom. The van der Waals surface area contributed by atoms with Crippen LogP contribution >= 0.6 is 24.0 Å². The Kier molecular flexibility index (Phi) is 6.23. The van der Waals surface area contributed by atoms with E-state index in [1.54, 1.807) is 16.7 Å². The van der Waals surface area contributed by atoms with Crippen molar-refractivity contribution in [2.75, 3.05) is 13.1 Å². The maximum Gasteiger partial charge on any atom is 0.420 e. The number of hydrogen-bond donors (Lipinski definition) is 0. The van der Waals surface area contributed by atoms with Crippen LogP contribution in [0.4, 0.5) is 0 Å². The van der Waals surface area contributed by atoms with E-state index in [0.717, 1.165) is 49.5 Å². The fourth-order valence-corrected chi connectivity index (χ4v) is 4.58. The lowest BCUT2D eigenvalue weighted by Crippen LogP contribution is -2.38. The minimum atomic E-state index is -0.306. The van der Waals surface area contributed by atoms with E-state index in [2.05, 4.69) is 38.7 Å². The first-order chi connectivity index (χ1) is 14.6. The molecular weight excluding hydrogens is 435 g/mol. The van der Waals surface area contributed by atoms with Crippen LogP contribution in [0.3, 0.4) is 0 Å². The Balaban J connectivity index is 0.00000231. The fraction of sp³-hybridized carbons (Fsp3) is 0.304. The van der Waals surface area contributed by atoms with E-state index < -0.39 is 0 Å². The monoisotopic (exact) mass is 458 g/mol. The van der Waals surface area contributed by atoms with Crippen LogP contribution in [0.2, 0.25) is 5.02 Å². The van der Waals surface area contributed by atoms with Crippen LogP contribution in [0.5, 0.6) is 0 Å². The normalized spacial score (nSPS) is 17.0. The SMILES string of the molecule is Cc1nccn1-c1ccc(CN2CCCC(n3c(=O)oc4ccc(Cl)cc43)C2)cc1.Cl. The van der Waals surface area contributed by atoms with Gasteiger partial charge in [-0.3, -0.25) is 9.47 Å². The molecule has 1 aliphatic rings. The molecule has 6 nitrogen and oxygen atoms in total. The van der Waals surface area contributed by atoms with Crippen LogP contribution < -0.4 is 5.76 Å². The molecule has 0 N–H and O–H groups in total. The van der Waals surface area contributed by atoms with Crippen molar-refractivity contribution >= 4 is 35.1 Å². The van der Waals surface area contributed by atoms with Gasteiger partial charge in [-0.15, -0.1) is 12.4 Å². The van der Waals surface area contributed by atoms with E-state index in [0.29, 0.717) is 10.6 Å². The standard InChI is InChI=1S/C23H23ClN4O2.ClH/c1-16-25-10-12-27(16)19-7-4-17(5-8-19)14-26-11-2-3-20(15-26)28-21-13-18(24)6-9-22(21)30-23(28)29;/h4-10,12-13,20H,2-3,11,14-15H2,1H3;1H. The molecule has 1 aliphatic heterocycles. The van der Waals surface area contributed by atoms with Crippen molar-refractivity contribution in [3.8, 4) is 5.69 Å². The second kappa shape index (κ2) is 8.91. The van der Waals surface area contributed by atoms with Gasteiger partial charge in [0.05, 0.1) is 11.6 Å². The summed E-state index contributed by atoms with van der Waals surface area (Å²) in [5.74, 6) is 0.665. The Bertz CT molecular complexity index is 1240. The topological polar surface area (TPSA) is 56.2 Å². The van der Waals surface area contributed by atoms with Gasteiger partial charge in [-0.1, -0.05) is 23.7 Å². The highest BCUT2D eigenvalue weighted by Crippen LogP contribution is 2.27. The van der Waals surface area contributed by atoms with Gasteiger partial charge in [0.1, 0.15) is 5.82 Å². The molecule has 3 heterocycles. The molecule has 8 heteroatoms. The third-order valence-corrected chi connectivity index (χ3v) is 6.10. The Morgan fingerprint density at radius 2 is 2.00 bits per heavy atom. The first kappa shape index (κ1) is 21.7. The fourth-order valence-electron chi connectivity index (χ4n) is 4.41. The number of imidazole rings is 1. The maximum atomic E-state index is 12.5. The van der Waals surface area contributed by atoms with Crippen LogP contribution in [0.1, 0.15) is 30.3 Å². The van der Waals surface area contributed by atoms with Crippen molar-refractivity contribution in [3.63, 3.8) is 0 Å². The Labute approximate surface area is 191 Å². The summed E-state index contributed by atoms with van der Waals surface area (Å²) in [4.78, 5) is 19.2. The minimum absolute atomic E-state index is 0. The number of aryl methyl sites for hydroxylation is 1. The number of aromatic nitrogens is 3. The zero-order chi connectivity index (χ0) is 20.7. The van der Waals surface area contributed by atoms with Crippen molar-refractivity contribution < 1.29 is 4.42 Å². The number of nitrogens with zero attached hydrogens (tertiary/aromatic N) is 4. The zero-order valence-corrected chi connectivity index (χ0v) is 18.8. The highest BCUT2D eigenvalue weighted by Gasteiger charge is 2.25. The van der Waals surface area contributed by atoms with Gasteiger partial charge >= 0.3 is 5.76 Å². The number of fused-ring (bicyclic) bond motifs is 1. The molecule has 0 amide bonds. The predicted octanol–water partition coefficient (Wildman–Crippen LogP) is 5.00. The van der Waals surface area contributed by atoms with Gasteiger partial charge in [0.15, 0.2) is 5.58 Å². The molecule has 0 radical (unpaired) electrons. The number of oxazole rings is 1. The number of halogens is 2. The third kappa shape index (κ3) is 4.28. The van der Waals surface area contributed by atoms with E-state index in [1.165, 1.54) is 5.56 Å². The summed E-state index contributed by atoms with van der Waals surface area (Å²) in [5, 5.41) is 0.609. The van der Waals surface area contributed by atoms with E-state index in [9.17, 15) is 4.79 Å². The van der Waals surface area contributed by atoms with E-state index >= 15 is 0 Å². The van der Waals surface area contributed by atoms with E-state index in [4.69, 9.17) is 16.0 Å². The van der Waals surface area contributed by atoms with Gasteiger partial charge in [-0.25, -0.2) is 9.78 Å². The van der Waals surface area contributed by atoms with Gasteiger partial charge < -0.3 is 8.98 Å². The van der Waals surface area contributed by atoms with Crippen molar-refractivity contribution in [2.45, 2.75) is 32.4 Å². The molecule has 162 valence electrons. The summed E-state index contributed by atoms with van der Waals surface area (Å²) >= 11 is 6.16. The van der Waals surface area contributed by atoms with Crippen LogP contribution in [0, 0.1) is 6.92 Å². The van der Waals surface area contributed by atoms with Crippen molar-refractivity contribution in [1.29, 1.82) is 0 Å². The third-order valence-electron chi connectivity index (χ3n) is 5.87. The summed E-state index contributed by atoms with van der Waals surface area (Å²) in [5.41, 5.74) is 3.73. The van der Waals surface area contributed by atoms with E-state index in [-0.39, 0.29) is 24.2 Å². The predicted molar refractivity (Wildman–Crippen MR) is 125 cm³/mol. The molecule has 1 atom stereocenters. The largest absolute Gasteiger partial charge is 0.420 e. The molecule has 2 aromatic heterocycles. The number of piperidine rings is 1. The molecule has 0 saturated carbocycles.